The lowest BCUT2D eigenvalue weighted by Gasteiger charge is -2.32. The van der Waals surface area contributed by atoms with Gasteiger partial charge in [-0.2, -0.15) is 0 Å². The van der Waals surface area contributed by atoms with Crippen molar-refractivity contribution >= 4 is 50.7 Å². The second-order valence-corrected chi connectivity index (χ2v) is 11.1. The average Bonchev–Trinajstić information content (AvgIpc) is 2.77. The van der Waals surface area contributed by atoms with Crippen molar-refractivity contribution in [2.75, 3.05) is 17.1 Å². The molecule has 0 bridgehead atoms. The average molecular weight is 529 g/mol. The number of aryl methyl sites for hydroxylation is 1. The van der Waals surface area contributed by atoms with Gasteiger partial charge in [-0.3, -0.25) is 13.9 Å². The minimum atomic E-state index is -3.81. The van der Waals surface area contributed by atoms with E-state index in [9.17, 15) is 18.0 Å². The molecule has 0 aliphatic heterocycles. The van der Waals surface area contributed by atoms with Gasteiger partial charge in [-0.1, -0.05) is 48.3 Å². The molecule has 0 saturated heterocycles. The number of benzene rings is 2. The molecule has 2 aromatic rings. The lowest BCUT2D eigenvalue weighted by atomic mass is 10.1. The Morgan fingerprint density at radius 1 is 1.06 bits per heavy atom. The molecule has 34 heavy (non-hydrogen) atoms. The van der Waals surface area contributed by atoms with E-state index in [4.69, 9.17) is 23.2 Å². The van der Waals surface area contributed by atoms with Crippen LogP contribution in [0, 0.1) is 6.92 Å². The fraction of sp³-hybridized carbons (Fsp3) is 0.417. The summed E-state index contributed by atoms with van der Waals surface area (Å²) in [5.74, 6) is -0.843. The maximum Gasteiger partial charge on any atom is 0.244 e. The smallest absolute Gasteiger partial charge is 0.244 e. The van der Waals surface area contributed by atoms with Crippen LogP contribution in [0.25, 0.3) is 0 Å². The third kappa shape index (κ3) is 7.61. The SMILES string of the molecule is CC[C@H](C)NC(=O)[C@@H](C)N(Cc1ccc(Cl)cc1)C(=O)CN(c1ccc(C)c(Cl)c1)S(C)(=O)=O. The highest BCUT2D eigenvalue weighted by atomic mass is 35.5. The van der Waals surface area contributed by atoms with E-state index in [0.29, 0.717) is 10.0 Å². The molecule has 0 aromatic heterocycles. The number of nitrogens with one attached hydrogen (secondary N) is 1. The first-order valence-electron chi connectivity index (χ1n) is 10.9. The zero-order chi connectivity index (χ0) is 25.6. The number of amides is 2. The van der Waals surface area contributed by atoms with Gasteiger partial charge in [0.15, 0.2) is 0 Å². The highest BCUT2D eigenvalue weighted by molar-refractivity contribution is 7.92. The summed E-state index contributed by atoms with van der Waals surface area (Å²) in [6, 6.07) is 10.8. The first kappa shape index (κ1) is 28.0. The Bertz CT molecular complexity index is 1120. The van der Waals surface area contributed by atoms with Crippen LogP contribution in [0.5, 0.6) is 0 Å². The molecule has 0 spiro atoms. The van der Waals surface area contributed by atoms with Crippen LogP contribution in [0.1, 0.15) is 38.3 Å². The van der Waals surface area contributed by atoms with Crippen molar-refractivity contribution in [2.45, 2.75) is 52.7 Å². The van der Waals surface area contributed by atoms with E-state index in [-0.39, 0.29) is 24.2 Å². The van der Waals surface area contributed by atoms with Gasteiger partial charge < -0.3 is 10.2 Å². The maximum atomic E-state index is 13.5. The van der Waals surface area contributed by atoms with Crippen LogP contribution in [-0.4, -0.2) is 50.0 Å². The van der Waals surface area contributed by atoms with Gasteiger partial charge in [0.1, 0.15) is 12.6 Å². The number of halogens is 2. The van der Waals surface area contributed by atoms with E-state index in [1.54, 1.807) is 50.2 Å². The van der Waals surface area contributed by atoms with Crippen molar-refractivity contribution in [3.63, 3.8) is 0 Å². The number of hydrogen-bond acceptors (Lipinski definition) is 4. The van der Waals surface area contributed by atoms with Crippen molar-refractivity contribution in [3.8, 4) is 0 Å². The van der Waals surface area contributed by atoms with Crippen LogP contribution in [0.2, 0.25) is 10.0 Å². The Hall–Kier alpha value is -2.29. The standard InChI is InChI=1S/C24H31Cl2N3O4S/c1-6-17(3)27-24(31)18(4)28(14-19-8-10-20(25)11-9-19)23(30)15-29(34(5,32)33)21-12-7-16(2)22(26)13-21/h7-13,17-18H,6,14-15H2,1-5H3,(H,27,31)/t17-,18+/m0/s1. The molecule has 2 atom stereocenters. The van der Waals surface area contributed by atoms with E-state index in [1.807, 2.05) is 13.8 Å². The molecule has 186 valence electrons. The number of carbonyl (C=O) groups is 2. The summed E-state index contributed by atoms with van der Waals surface area (Å²) >= 11 is 12.2. The van der Waals surface area contributed by atoms with Gasteiger partial charge in [0.2, 0.25) is 21.8 Å². The van der Waals surface area contributed by atoms with Crippen LogP contribution in [-0.2, 0) is 26.2 Å². The topological polar surface area (TPSA) is 86.8 Å². The summed E-state index contributed by atoms with van der Waals surface area (Å²) in [6.45, 7) is 6.88. The quantitative estimate of drug-likeness (QED) is 0.495. The zero-order valence-electron chi connectivity index (χ0n) is 20.0. The van der Waals surface area contributed by atoms with Crippen molar-refractivity contribution in [1.82, 2.24) is 10.2 Å². The third-order valence-corrected chi connectivity index (χ3v) is 7.36. The van der Waals surface area contributed by atoms with Gasteiger partial charge in [-0.25, -0.2) is 8.42 Å². The molecule has 0 fully saturated rings. The number of anilines is 1. The predicted octanol–water partition coefficient (Wildman–Crippen LogP) is 4.40. The Morgan fingerprint density at radius 3 is 2.21 bits per heavy atom. The lowest BCUT2D eigenvalue weighted by molar-refractivity contribution is -0.139. The minimum absolute atomic E-state index is 0.0651. The lowest BCUT2D eigenvalue weighted by Crippen LogP contribution is -2.52. The highest BCUT2D eigenvalue weighted by Crippen LogP contribution is 2.25. The van der Waals surface area contributed by atoms with Gasteiger partial charge >= 0.3 is 0 Å². The van der Waals surface area contributed by atoms with Gasteiger partial charge in [0.25, 0.3) is 0 Å². The van der Waals surface area contributed by atoms with Crippen LogP contribution in [0.15, 0.2) is 42.5 Å². The molecule has 0 aliphatic rings. The Labute approximate surface area is 212 Å². The molecular formula is C24H31Cl2N3O4S. The first-order valence-corrected chi connectivity index (χ1v) is 13.5. The molecule has 2 rings (SSSR count). The number of carbonyl (C=O) groups excluding carboxylic acids is 2. The van der Waals surface area contributed by atoms with Crippen molar-refractivity contribution in [1.29, 1.82) is 0 Å². The van der Waals surface area contributed by atoms with Crippen LogP contribution in [0.4, 0.5) is 5.69 Å². The predicted molar refractivity (Wildman–Crippen MR) is 138 cm³/mol. The molecule has 1 N–H and O–H groups in total. The summed E-state index contributed by atoms with van der Waals surface area (Å²) in [5, 5.41) is 3.82. The van der Waals surface area contributed by atoms with Crippen LogP contribution in [0.3, 0.4) is 0 Å². The molecule has 0 aliphatic carbocycles. The number of sulfonamides is 1. The molecular weight excluding hydrogens is 497 g/mol. The summed E-state index contributed by atoms with van der Waals surface area (Å²) in [5.41, 5.74) is 1.81. The molecule has 0 saturated carbocycles. The Kier molecular flexibility index (Phi) is 9.79. The summed E-state index contributed by atoms with van der Waals surface area (Å²) in [6.07, 6.45) is 1.76. The number of nitrogens with zero attached hydrogens (tertiary/aromatic N) is 2. The molecule has 0 unspecified atom stereocenters. The normalized spacial score (nSPS) is 13.1. The molecule has 10 heteroatoms. The van der Waals surface area contributed by atoms with Gasteiger partial charge in [0.05, 0.1) is 11.9 Å². The number of rotatable bonds is 10. The first-order chi connectivity index (χ1) is 15.8. The molecule has 2 aromatic carbocycles. The third-order valence-electron chi connectivity index (χ3n) is 5.56. The largest absolute Gasteiger partial charge is 0.352 e. The second kappa shape index (κ2) is 11.9. The fourth-order valence-electron chi connectivity index (χ4n) is 3.19. The van der Waals surface area contributed by atoms with Gasteiger partial charge in [-0.15, -0.1) is 0 Å². The van der Waals surface area contributed by atoms with E-state index in [1.165, 1.54) is 11.0 Å². The van der Waals surface area contributed by atoms with Crippen LogP contribution >= 0.6 is 23.2 Å². The summed E-state index contributed by atoms with van der Waals surface area (Å²) in [4.78, 5) is 27.7. The molecule has 7 nitrogen and oxygen atoms in total. The second-order valence-electron chi connectivity index (χ2n) is 8.35. The highest BCUT2D eigenvalue weighted by Gasteiger charge is 2.30. The van der Waals surface area contributed by atoms with Crippen molar-refractivity contribution < 1.29 is 18.0 Å². The van der Waals surface area contributed by atoms with E-state index in [0.717, 1.165) is 28.1 Å². The minimum Gasteiger partial charge on any atom is -0.352 e. The van der Waals surface area contributed by atoms with Crippen LogP contribution < -0.4 is 9.62 Å². The Morgan fingerprint density at radius 2 is 1.68 bits per heavy atom. The van der Waals surface area contributed by atoms with E-state index >= 15 is 0 Å². The fourth-order valence-corrected chi connectivity index (χ4v) is 4.33. The molecule has 0 radical (unpaired) electrons. The monoisotopic (exact) mass is 527 g/mol. The Balaban J connectivity index is 2.39. The molecule has 0 heterocycles. The maximum absolute atomic E-state index is 13.5. The van der Waals surface area contributed by atoms with Gasteiger partial charge in [-0.05, 0) is 62.6 Å². The zero-order valence-corrected chi connectivity index (χ0v) is 22.3. The van der Waals surface area contributed by atoms with Crippen molar-refractivity contribution in [3.05, 3.63) is 63.6 Å². The van der Waals surface area contributed by atoms with Gasteiger partial charge in [0, 0.05) is 22.6 Å². The number of hydrogen-bond donors (Lipinski definition) is 1. The summed E-state index contributed by atoms with van der Waals surface area (Å²) in [7, 11) is -3.81. The van der Waals surface area contributed by atoms with E-state index in [2.05, 4.69) is 5.32 Å². The van der Waals surface area contributed by atoms with Crippen molar-refractivity contribution in [2.24, 2.45) is 0 Å². The van der Waals surface area contributed by atoms with E-state index < -0.39 is 28.5 Å². The molecule has 2 amide bonds. The summed E-state index contributed by atoms with van der Waals surface area (Å²) < 4.78 is 26.2.